The molecule has 0 unspecified atom stereocenters. The molecule has 2 aromatic carbocycles. The number of carbonyl (C=O) groups excluding carboxylic acids is 1. The van der Waals surface area contributed by atoms with Gasteiger partial charge in [0.15, 0.2) is 0 Å². The Hall–Kier alpha value is -2.36. The Morgan fingerprint density at radius 1 is 1.05 bits per heavy atom. The molecule has 0 bridgehead atoms. The fraction of sp³-hybridized carbons (Fsp3) is 0.188. The number of phenolic OH excluding ortho intramolecular Hbond substituents is 1. The van der Waals surface area contributed by atoms with E-state index in [-0.39, 0.29) is 23.0 Å². The quantitative estimate of drug-likeness (QED) is 0.901. The summed E-state index contributed by atoms with van der Waals surface area (Å²) in [6, 6.07) is 12.3. The van der Waals surface area contributed by atoms with Gasteiger partial charge in [-0.25, -0.2) is 4.39 Å². The molecule has 2 aromatic rings. The molecule has 1 saturated carbocycles. The lowest BCUT2D eigenvalue weighted by Gasteiger charge is -2.18. The standard InChI is InChI=1S/C16H14FNO2/c17-13-5-3-12(4-6-13)16(9-10-16)18-15(20)11-1-7-14(19)8-2-11/h1-8,19H,9-10H2,(H,18,20). The maximum Gasteiger partial charge on any atom is 0.251 e. The van der Waals surface area contributed by atoms with Gasteiger partial charge in [0, 0.05) is 5.56 Å². The zero-order valence-corrected chi connectivity index (χ0v) is 10.8. The number of hydrogen-bond acceptors (Lipinski definition) is 2. The summed E-state index contributed by atoms with van der Waals surface area (Å²) in [6.07, 6.45) is 1.70. The highest BCUT2D eigenvalue weighted by Gasteiger charge is 2.45. The third kappa shape index (κ3) is 2.37. The molecule has 4 heteroatoms. The summed E-state index contributed by atoms with van der Waals surface area (Å²) in [5.41, 5.74) is 1.05. The first-order valence-corrected chi connectivity index (χ1v) is 6.47. The first-order chi connectivity index (χ1) is 9.59. The Kier molecular flexibility index (Phi) is 2.93. The maximum atomic E-state index is 12.9. The van der Waals surface area contributed by atoms with Crippen LogP contribution in [0.25, 0.3) is 0 Å². The molecule has 3 nitrogen and oxygen atoms in total. The molecule has 0 radical (unpaired) electrons. The van der Waals surface area contributed by atoms with Crippen LogP contribution < -0.4 is 5.32 Å². The molecule has 0 aliphatic heterocycles. The lowest BCUT2D eigenvalue weighted by molar-refractivity contribution is 0.0931. The second-order valence-electron chi connectivity index (χ2n) is 5.09. The van der Waals surface area contributed by atoms with Gasteiger partial charge < -0.3 is 10.4 Å². The summed E-state index contributed by atoms with van der Waals surface area (Å²) in [4.78, 5) is 12.2. The molecular weight excluding hydrogens is 257 g/mol. The first-order valence-electron chi connectivity index (χ1n) is 6.47. The van der Waals surface area contributed by atoms with Crippen molar-refractivity contribution in [2.75, 3.05) is 0 Å². The number of aromatic hydroxyl groups is 1. The van der Waals surface area contributed by atoms with Crippen molar-refractivity contribution in [1.29, 1.82) is 0 Å². The van der Waals surface area contributed by atoms with E-state index in [1.807, 2.05) is 0 Å². The number of carbonyl (C=O) groups is 1. The SMILES string of the molecule is O=C(NC1(c2ccc(F)cc2)CC1)c1ccc(O)cc1. The van der Waals surface area contributed by atoms with Crippen molar-refractivity contribution >= 4 is 5.91 Å². The topological polar surface area (TPSA) is 49.3 Å². The second-order valence-corrected chi connectivity index (χ2v) is 5.09. The van der Waals surface area contributed by atoms with E-state index in [1.165, 1.54) is 24.3 Å². The summed E-state index contributed by atoms with van der Waals surface area (Å²) in [6.45, 7) is 0. The summed E-state index contributed by atoms with van der Waals surface area (Å²) < 4.78 is 12.9. The summed E-state index contributed by atoms with van der Waals surface area (Å²) >= 11 is 0. The van der Waals surface area contributed by atoms with Gasteiger partial charge in [-0.3, -0.25) is 4.79 Å². The number of nitrogens with one attached hydrogen (secondary N) is 1. The first kappa shape index (κ1) is 12.7. The van der Waals surface area contributed by atoms with Gasteiger partial charge in [0.1, 0.15) is 11.6 Å². The number of phenols is 1. The lowest BCUT2D eigenvalue weighted by Crippen LogP contribution is -2.34. The van der Waals surface area contributed by atoms with Crippen molar-refractivity contribution in [3.8, 4) is 5.75 Å². The lowest BCUT2D eigenvalue weighted by atomic mass is 10.0. The highest BCUT2D eigenvalue weighted by molar-refractivity contribution is 5.95. The largest absolute Gasteiger partial charge is 0.508 e. The third-order valence-corrected chi connectivity index (χ3v) is 3.63. The van der Waals surface area contributed by atoms with Crippen molar-refractivity contribution in [2.24, 2.45) is 0 Å². The zero-order chi connectivity index (χ0) is 14.2. The average molecular weight is 271 g/mol. The van der Waals surface area contributed by atoms with Gasteiger partial charge in [0.2, 0.25) is 0 Å². The fourth-order valence-corrected chi connectivity index (χ4v) is 2.28. The Morgan fingerprint density at radius 3 is 2.20 bits per heavy atom. The molecule has 1 fully saturated rings. The van der Waals surface area contributed by atoms with Gasteiger partial charge in [-0.05, 0) is 54.8 Å². The normalized spacial score (nSPS) is 15.7. The van der Waals surface area contributed by atoms with Gasteiger partial charge in [-0.1, -0.05) is 12.1 Å². The van der Waals surface area contributed by atoms with Crippen LogP contribution in [0.5, 0.6) is 5.75 Å². The van der Waals surface area contributed by atoms with Crippen molar-refractivity contribution < 1.29 is 14.3 Å². The van der Waals surface area contributed by atoms with Crippen LogP contribution in [0.4, 0.5) is 4.39 Å². The molecule has 2 N–H and O–H groups in total. The summed E-state index contributed by atoms with van der Waals surface area (Å²) in [5.74, 6) is -0.345. The van der Waals surface area contributed by atoms with E-state index in [4.69, 9.17) is 0 Å². The van der Waals surface area contributed by atoms with Crippen molar-refractivity contribution in [3.05, 3.63) is 65.5 Å². The highest BCUT2D eigenvalue weighted by Crippen LogP contribution is 2.45. The molecule has 3 rings (SSSR count). The molecule has 0 atom stereocenters. The zero-order valence-electron chi connectivity index (χ0n) is 10.8. The van der Waals surface area contributed by atoms with Crippen LogP contribution in [0, 0.1) is 5.82 Å². The van der Waals surface area contributed by atoms with E-state index >= 15 is 0 Å². The number of amides is 1. The predicted octanol–water partition coefficient (Wildman–Crippen LogP) is 2.95. The van der Waals surface area contributed by atoms with Gasteiger partial charge in [-0.2, -0.15) is 0 Å². The molecule has 0 spiro atoms. The van der Waals surface area contributed by atoms with Crippen LogP contribution in [-0.2, 0) is 5.54 Å². The minimum absolute atomic E-state index is 0.126. The Balaban J connectivity index is 1.78. The van der Waals surface area contributed by atoms with Crippen LogP contribution in [0.15, 0.2) is 48.5 Å². The van der Waals surface area contributed by atoms with Gasteiger partial charge in [-0.15, -0.1) is 0 Å². The predicted molar refractivity (Wildman–Crippen MR) is 72.9 cm³/mol. The monoisotopic (exact) mass is 271 g/mol. The summed E-state index contributed by atoms with van der Waals surface area (Å²) in [5, 5.41) is 12.2. The van der Waals surface area contributed by atoms with Crippen LogP contribution in [0.1, 0.15) is 28.8 Å². The molecule has 102 valence electrons. The summed E-state index contributed by atoms with van der Waals surface area (Å²) in [7, 11) is 0. The Labute approximate surface area is 116 Å². The van der Waals surface area contributed by atoms with Crippen LogP contribution >= 0.6 is 0 Å². The molecule has 0 heterocycles. The van der Waals surface area contributed by atoms with E-state index in [9.17, 15) is 14.3 Å². The number of rotatable bonds is 3. The molecule has 1 aliphatic rings. The molecular formula is C16H14FNO2. The Bertz CT molecular complexity index is 631. The number of halogens is 1. The molecule has 1 aliphatic carbocycles. The molecule has 0 aromatic heterocycles. The fourth-order valence-electron chi connectivity index (χ4n) is 2.28. The number of benzene rings is 2. The molecule has 1 amide bonds. The van der Waals surface area contributed by atoms with E-state index < -0.39 is 0 Å². The van der Waals surface area contributed by atoms with Crippen LogP contribution in [-0.4, -0.2) is 11.0 Å². The van der Waals surface area contributed by atoms with Crippen molar-refractivity contribution in [2.45, 2.75) is 18.4 Å². The van der Waals surface area contributed by atoms with Gasteiger partial charge >= 0.3 is 0 Å². The van der Waals surface area contributed by atoms with Crippen molar-refractivity contribution in [3.63, 3.8) is 0 Å². The maximum absolute atomic E-state index is 12.9. The minimum atomic E-state index is -0.372. The van der Waals surface area contributed by atoms with E-state index in [2.05, 4.69) is 5.32 Å². The van der Waals surface area contributed by atoms with E-state index in [1.54, 1.807) is 24.3 Å². The van der Waals surface area contributed by atoms with Crippen LogP contribution in [0.3, 0.4) is 0 Å². The number of hydrogen-bond donors (Lipinski definition) is 2. The minimum Gasteiger partial charge on any atom is -0.508 e. The smallest absolute Gasteiger partial charge is 0.251 e. The molecule has 20 heavy (non-hydrogen) atoms. The second kappa shape index (κ2) is 4.63. The van der Waals surface area contributed by atoms with Gasteiger partial charge in [0.05, 0.1) is 5.54 Å². The van der Waals surface area contributed by atoms with E-state index in [0.29, 0.717) is 5.56 Å². The third-order valence-electron chi connectivity index (χ3n) is 3.63. The van der Waals surface area contributed by atoms with E-state index in [0.717, 1.165) is 18.4 Å². The highest BCUT2D eigenvalue weighted by atomic mass is 19.1. The average Bonchev–Trinajstić information content (AvgIpc) is 3.21. The molecule has 0 saturated heterocycles. The van der Waals surface area contributed by atoms with Crippen molar-refractivity contribution in [1.82, 2.24) is 5.32 Å². The van der Waals surface area contributed by atoms with Crippen LogP contribution in [0.2, 0.25) is 0 Å². The Morgan fingerprint density at radius 2 is 1.65 bits per heavy atom. The van der Waals surface area contributed by atoms with Gasteiger partial charge in [0.25, 0.3) is 5.91 Å².